The Labute approximate surface area is 151 Å². The first-order valence-electron chi connectivity index (χ1n) is 8.77. The van der Waals surface area contributed by atoms with Crippen molar-refractivity contribution in [3.8, 4) is 6.07 Å². The third kappa shape index (κ3) is 3.45. The lowest BCUT2D eigenvalue weighted by Gasteiger charge is -2.34. The molecule has 1 aliphatic carbocycles. The molecule has 2 aromatic rings. The van der Waals surface area contributed by atoms with Gasteiger partial charge in [-0.15, -0.1) is 0 Å². The van der Waals surface area contributed by atoms with E-state index in [1.165, 1.54) is 0 Å². The SMILES string of the molecule is N#Cc1nc(C2CC2)oc1N1CCN(C(=O)/C=C\c2cccnc2)CC1. The highest BCUT2D eigenvalue weighted by molar-refractivity contribution is 5.91. The van der Waals surface area contributed by atoms with Crippen LogP contribution in [0.15, 0.2) is 35.0 Å². The molecule has 0 N–H and O–H groups in total. The molecule has 3 heterocycles. The van der Waals surface area contributed by atoms with Gasteiger partial charge < -0.3 is 14.2 Å². The van der Waals surface area contributed by atoms with Crippen LogP contribution >= 0.6 is 0 Å². The van der Waals surface area contributed by atoms with Crippen LogP contribution in [-0.2, 0) is 4.79 Å². The van der Waals surface area contributed by atoms with Gasteiger partial charge >= 0.3 is 0 Å². The maximum absolute atomic E-state index is 12.4. The lowest BCUT2D eigenvalue weighted by molar-refractivity contribution is -0.126. The quantitative estimate of drug-likeness (QED) is 0.787. The zero-order valence-corrected chi connectivity index (χ0v) is 14.3. The highest BCUT2D eigenvalue weighted by Gasteiger charge is 2.32. The normalized spacial score (nSPS) is 17.5. The van der Waals surface area contributed by atoms with Crippen molar-refractivity contribution in [2.45, 2.75) is 18.8 Å². The molecule has 0 aromatic carbocycles. The molecule has 1 amide bonds. The summed E-state index contributed by atoms with van der Waals surface area (Å²) in [6, 6.07) is 5.86. The van der Waals surface area contributed by atoms with Crippen LogP contribution in [0.2, 0.25) is 0 Å². The van der Waals surface area contributed by atoms with E-state index in [1.54, 1.807) is 29.4 Å². The largest absolute Gasteiger partial charge is 0.423 e. The zero-order chi connectivity index (χ0) is 17.9. The average molecular weight is 349 g/mol. The fraction of sp³-hybridized carbons (Fsp3) is 0.368. The van der Waals surface area contributed by atoms with Crippen LogP contribution in [0.4, 0.5) is 5.88 Å². The Kier molecular flexibility index (Phi) is 4.40. The van der Waals surface area contributed by atoms with Gasteiger partial charge in [0, 0.05) is 50.6 Å². The second-order valence-electron chi connectivity index (χ2n) is 6.52. The van der Waals surface area contributed by atoms with Crippen LogP contribution in [0.3, 0.4) is 0 Å². The van der Waals surface area contributed by atoms with E-state index in [-0.39, 0.29) is 5.91 Å². The molecule has 0 spiro atoms. The minimum Gasteiger partial charge on any atom is -0.423 e. The van der Waals surface area contributed by atoms with Crippen LogP contribution in [0.1, 0.15) is 35.9 Å². The van der Waals surface area contributed by atoms with Gasteiger partial charge in [-0.25, -0.2) is 4.98 Å². The van der Waals surface area contributed by atoms with Crippen molar-refractivity contribution in [1.82, 2.24) is 14.9 Å². The summed E-state index contributed by atoms with van der Waals surface area (Å²) < 4.78 is 5.84. The predicted octanol–water partition coefficient (Wildman–Crippen LogP) is 2.18. The van der Waals surface area contributed by atoms with Crippen molar-refractivity contribution in [3.63, 3.8) is 0 Å². The van der Waals surface area contributed by atoms with Crippen molar-refractivity contribution < 1.29 is 9.21 Å². The summed E-state index contributed by atoms with van der Waals surface area (Å²) in [5.74, 6) is 1.57. The number of hydrogen-bond donors (Lipinski definition) is 0. The van der Waals surface area contributed by atoms with Gasteiger partial charge in [-0.1, -0.05) is 6.07 Å². The number of oxazole rings is 1. The summed E-state index contributed by atoms with van der Waals surface area (Å²) in [6.07, 6.45) is 8.92. The second kappa shape index (κ2) is 7.00. The van der Waals surface area contributed by atoms with Crippen molar-refractivity contribution in [2.24, 2.45) is 0 Å². The number of amides is 1. The molecule has 0 bridgehead atoms. The van der Waals surface area contributed by atoms with Gasteiger partial charge in [0.05, 0.1) is 0 Å². The molecule has 7 nitrogen and oxygen atoms in total. The molecule has 7 heteroatoms. The second-order valence-corrected chi connectivity index (χ2v) is 6.52. The Balaban J connectivity index is 1.37. The molecule has 132 valence electrons. The van der Waals surface area contributed by atoms with Crippen LogP contribution < -0.4 is 4.90 Å². The minimum atomic E-state index is -0.0229. The fourth-order valence-electron chi connectivity index (χ4n) is 3.00. The maximum Gasteiger partial charge on any atom is 0.246 e. The van der Waals surface area contributed by atoms with Crippen molar-refractivity contribution in [1.29, 1.82) is 5.26 Å². The molecule has 0 atom stereocenters. The molecular formula is C19H19N5O2. The number of pyridine rings is 1. The van der Waals surface area contributed by atoms with Gasteiger partial charge in [-0.2, -0.15) is 5.26 Å². The Bertz CT molecular complexity index is 856. The summed E-state index contributed by atoms with van der Waals surface area (Å²) >= 11 is 0. The van der Waals surface area contributed by atoms with Crippen LogP contribution in [0, 0.1) is 11.3 Å². The zero-order valence-electron chi connectivity index (χ0n) is 14.3. The molecule has 1 saturated carbocycles. The fourth-order valence-corrected chi connectivity index (χ4v) is 3.00. The Hall–Kier alpha value is -3.14. The van der Waals surface area contributed by atoms with Crippen LogP contribution in [0.25, 0.3) is 6.08 Å². The molecule has 0 radical (unpaired) electrons. The number of nitrogens with zero attached hydrogens (tertiary/aromatic N) is 5. The lowest BCUT2D eigenvalue weighted by atomic mass is 10.2. The third-order valence-corrected chi connectivity index (χ3v) is 4.64. The molecule has 0 unspecified atom stereocenters. The van der Waals surface area contributed by atoms with E-state index in [0.717, 1.165) is 18.4 Å². The minimum absolute atomic E-state index is 0.0229. The number of carbonyl (C=O) groups is 1. The van der Waals surface area contributed by atoms with E-state index in [0.29, 0.717) is 49.6 Å². The summed E-state index contributed by atoms with van der Waals surface area (Å²) in [5, 5.41) is 9.31. The topological polar surface area (TPSA) is 86.3 Å². The first-order valence-corrected chi connectivity index (χ1v) is 8.77. The van der Waals surface area contributed by atoms with Gasteiger partial charge in [0.2, 0.25) is 23.4 Å². The monoisotopic (exact) mass is 349 g/mol. The van der Waals surface area contributed by atoms with Gasteiger partial charge in [0.1, 0.15) is 6.07 Å². The van der Waals surface area contributed by atoms with Gasteiger partial charge in [0.15, 0.2) is 0 Å². The third-order valence-electron chi connectivity index (χ3n) is 4.64. The molecular weight excluding hydrogens is 330 g/mol. The molecule has 2 fully saturated rings. The van der Waals surface area contributed by atoms with E-state index >= 15 is 0 Å². The van der Waals surface area contributed by atoms with E-state index in [1.807, 2.05) is 17.0 Å². The number of piperazine rings is 1. The number of anilines is 1. The average Bonchev–Trinajstić information content (AvgIpc) is 3.46. The first kappa shape index (κ1) is 16.3. The highest BCUT2D eigenvalue weighted by atomic mass is 16.4. The van der Waals surface area contributed by atoms with Crippen molar-refractivity contribution in [2.75, 3.05) is 31.1 Å². The van der Waals surface area contributed by atoms with E-state index in [9.17, 15) is 10.1 Å². The number of carbonyl (C=O) groups excluding carboxylic acids is 1. The predicted molar refractivity (Wildman–Crippen MR) is 95.3 cm³/mol. The van der Waals surface area contributed by atoms with Crippen molar-refractivity contribution >= 4 is 17.9 Å². The first-order chi connectivity index (χ1) is 12.7. The summed E-state index contributed by atoms with van der Waals surface area (Å²) in [4.78, 5) is 24.5. The molecule has 26 heavy (non-hydrogen) atoms. The summed E-state index contributed by atoms with van der Waals surface area (Å²) in [5.41, 5.74) is 1.25. The Morgan fingerprint density at radius 3 is 2.77 bits per heavy atom. The maximum atomic E-state index is 12.4. The van der Waals surface area contributed by atoms with Gasteiger partial charge in [0.25, 0.3) is 0 Å². The van der Waals surface area contributed by atoms with Crippen LogP contribution in [0.5, 0.6) is 0 Å². The van der Waals surface area contributed by atoms with E-state index in [2.05, 4.69) is 16.0 Å². The molecule has 2 aliphatic rings. The van der Waals surface area contributed by atoms with Gasteiger partial charge in [-0.05, 0) is 30.5 Å². The molecule has 1 aliphatic heterocycles. The molecule has 2 aromatic heterocycles. The van der Waals surface area contributed by atoms with E-state index < -0.39 is 0 Å². The Morgan fingerprint density at radius 2 is 2.12 bits per heavy atom. The highest BCUT2D eigenvalue weighted by Crippen LogP contribution is 2.41. The number of hydrogen-bond acceptors (Lipinski definition) is 6. The molecule has 1 saturated heterocycles. The Morgan fingerprint density at radius 1 is 1.31 bits per heavy atom. The van der Waals surface area contributed by atoms with Gasteiger partial charge in [-0.3, -0.25) is 9.78 Å². The number of aromatic nitrogens is 2. The number of nitriles is 1. The summed E-state index contributed by atoms with van der Waals surface area (Å²) in [6.45, 7) is 2.42. The standard InChI is InChI=1S/C19H19N5O2/c20-12-16-19(26-18(22-16)15-4-5-15)24-10-8-23(9-11-24)17(25)6-3-14-2-1-7-21-13-14/h1-3,6-7,13,15H,4-5,8-11H2/b6-3-. The van der Waals surface area contributed by atoms with E-state index in [4.69, 9.17) is 4.42 Å². The molecule has 4 rings (SSSR count). The lowest BCUT2D eigenvalue weighted by Crippen LogP contribution is -2.48. The smallest absolute Gasteiger partial charge is 0.246 e. The summed E-state index contributed by atoms with van der Waals surface area (Å²) in [7, 11) is 0. The van der Waals surface area contributed by atoms with Crippen LogP contribution in [-0.4, -0.2) is 47.0 Å². The number of rotatable bonds is 4. The van der Waals surface area contributed by atoms with Crippen molar-refractivity contribution in [3.05, 3.63) is 47.8 Å².